The molecule has 0 bridgehead atoms. The molecule has 0 aliphatic heterocycles. The summed E-state index contributed by atoms with van der Waals surface area (Å²) in [6, 6.07) is 2.16. The molecule has 2 N–H and O–H groups in total. The van der Waals surface area contributed by atoms with Crippen molar-refractivity contribution in [3.63, 3.8) is 0 Å². The molecule has 0 atom stereocenters. The monoisotopic (exact) mass is 287 g/mol. The van der Waals surface area contributed by atoms with Crippen LogP contribution in [0.1, 0.15) is 31.5 Å². The lowest BCUT2D eigenvalue weighted by Crippen LogP contribution is -1.92. The molecule has 0 spiro atoms. The molecule has 2 aromatic heterocycles. The van der Waals surface area contributed by atoms with Crippen LogP contribution in [0.5, 0.6) is 0 Å². The molecule has 5 nitrogen and oxygen atoms in total. The van der Waals surface area contributed by atoms with Crippen LogP contribution >= 0.6 is 0 Å². The van der Waals surface area contributed by atoms with E-state index in [0.717, 1.165) is 6.42 Å². The molecule has 0 aliphatic rings. The Balaban J connectivity index is 0.000000304. The third-order valence-corrected chi connectivity index (χ3v) is 2.53. The van der Waals surface area contributed by atoms with Crippen molar-refractivity contribution in [3.05, 3.63) is 70.8 Å². The van der Waals surface area contributed by atoms with E-state index in [0.29, 0.717) is 0 Å². The number of hydrogen-bond acceptors (Lipinski definition) is 3. The quantitative estimate of drug-likeness (QED) is 0.843. The second-order valence-electron chi connectivity index (χ2n) is 4.29. The Bertz CT molecular complexity index is 640. The van der Waals surface area contributed by atoms with Crippen molar-refractivity contribution in [2.75, 3.05) is 0 Å². The van der Waals surface area contributed by atoms with Gasteiger partial charge in [-0.15, -0.1) is 0 Å². The van der Waals surface area contributed by atoms with Crippen LogP contribution in [0.15, 0.2) is 58.3 Å². The number of H-pyrrole nitrogens is 2. The molecule has 0 radical (unpaired) electrons. The lowest BCUT2D eigenvalue weighted by Gasteiger charge is -1.95. The molecular weight excluding hydrogens is 266 g/mol. The molecule has 0 aromatic carbocycles. The van der Waals surface area contributed by atoms with E-state index < -0.39 is 5.76 Å². The van der Waals surface area contributed by atoms with Crippen molar-refractivity contribution in [2.24, 2.45) is 0 Å². The van der Waals surface area contributed by atoms with E-state index in [2.05, 4.69) is 69.9 Å². The number of aryl methyl sites for hydroxylation is 1. The van der Waals surface area contributed by atoms with Crippen molar-refractivity contribution < 1.29 is 4.52 Å². The third-order valence-electron chi connectivity index (χ3n) is 2.53. The van der Waals surface area contributed by atoms with Crippen LogP contribution in [-0.4, -0.2) is 15.1 Å². The Morgan fingerprint density at radius 1 is 1.43 bits per heavy atom. The largest absolute Gasteiger partial charge is 0.438 e. The Labute approximate surface area is 124 Å². The number of aromatic nitrogens is 3. The molecule has 0 fully saturated rings. The Morgan fingerprint density at radius 2 is 2.24 bits per heavy atom. The normalized spacial score (nSPS) is 11.9. The second kappa shape index (κ2) is 9.36. The van der Waals surface area contributed by atoms with Crippen molar-refractivity contribution in [3.8, 4) is 0 Å². The van der Waals surface area contributed by atoms with Gasteiger partial charge in [-0.3, -0.25) is 9.51 Å². The van der Waals surface area contributed by atoms with Gasteiger partial charge >= 0.3 is 5.76 Å². The van der Waals surface area contributed by atoms with Gasteiger partial charge in [0.2, 0.25) is 0 Å². The summed E-state index contributed by atoms with van der Waals surface area (Å²) >= 11 is 0. The van der Waals surface area contributed by atoms with Gasteiger partial charge < -0.3 is 4.98 Å². The molecule has 0 saturated carbocycles. The van der Waals surface area contributed by atoms with Crippen molar-refractivity contribution >= 4 is 5.57 Å². The highest BCUT2D eigenvalue weighted by molar-refractivity contribution is 5.75. The highest BCUT2D eigenvalue weighted by atomic mass is 16.5. The van der Waals surface area contributed by atoms with Crippen LogP contribution in [-0.2, 0) is 0 Å². The molecule has 2 heterocycles. The van der Waals surface area contributed by atoms with Crippen LogP contribution in [0.25, 0.3) is 5.57 Å². The molecular formula is C16H21N3O2. The van der Waals surface area contributed by atoms with E-state index in [4.69, 9.17) is 0 Å². The minimum absolute atomic E-state index is 0.519. The van der Waals surface area contributed by atoms with Crippen LogP contribution in [0, 0.1) is 6.92 Å². The van der Waals surface area contributed by atoms with Crippen molar-refractivity contribution in [2.45, 2.75) is 27.2 Å². The Hall–Kier alpha value is -2.56. The average molecular weight is 287 g/mol. The topological polar surface area (TPSA) is 74.7 Å². The third kappa shape index (κ3) is 6.42. The van der Waals surface area contributed by atoms with Crippen molar-refractivity contribution in [1.29, 1.82) is 0 Å². The van der Waals surface area contributed by atoms with Gasteiger partial charge in [-0.25, -0.2) is 4.79 Å². The second-order valence-corrected chi connectivity index (χ2v) is 4.29. The molecule has 5 heteroatoms. The number of aromatic amines is 2. The van der Waals surface area contributed by atoms with Gasteiger partial charge in [0.05, 0.1) is 0 Å². The number of nitrogens with one attached hydrogen (secondary N) is 2. The van der Waals surface area contributed by atoms with E-state index in [-0.39, 0.29) is 0 Å². The highest BCUT2D eigenvalue weighted by Crippen LogP contribution is 2.17. The van der Waals surface area contributed by atoms with Gasteiger partial charge in [0, 0.05) is 11.9 Å². The predicted octanol–water partition coefficient (Wildman–Crippen LogP) is 3.61. The first kappa shape index (κ1) is 16.5. The van der Waals surface area contributed by atoms with Crippen molar-refractivity contribution in [1.82, 2.24) is 15.1 Å². The van der Waals surface area contributed by atoms with E-state index in [9.17, 15) is 4.79 Å². The Morgan fingerprint density at radius 3 is 2.67 bits per heavy atom. The fourth-order valence-corrected chi connectivity index (χ4v) is 1.59. The molecule has 0 aliphatic carbocycles. The summed E-state index contributed by atoms with van der Waals surface area (Å²) in [5, 5.41) is 3.08. The maximum Gasteiger partial charge on any atom is 0.438 e. The fraction of sp³-hybridized carbons (Fsp3) is 0.250. The van der Waals surface area contributed by atoms with Gasteiger partial charge in [0.25, 0.3) is 0 Å². The predicted molar refractivity (Wildman–Crippen MR) is 84.9 cm³/mol. The average Bonchev–Trinajstić information content (AvgIpc) is 3.10. The highest BCUT2D eigenvalue weighted by Gasteiger charge is 1.98. The minimum Gasteiger partial charge on any atom is -0.365 e. The summed E-state index contributed by atoms with van der Waals surface area (Å²) in [6.45, 7) is 6.25. The molecule has 2 rings (SSSR count). The number of allylic oxidation sites excluding steroid dienone is 6. The first-order chi connectivity index (χ1) is 10.2. The van der Waals surface area contributed by atoms with E-state index in [1.54, 1.807) is 0 Å². The van der Waals surface area contributed by atoms with Gasteiger partial charge in [-0.1, -0.05) is 42.5 Å². The molecule has 0 amide bonds. The van der Waals surface area contributed by atoms with Crippen LogP contribution in [0.3, 0.4) is 0 Å². The standard InChI is InChI=1S/C14H19N.C2H2N2O2/c1-4-6-7-9-13(8-5-2)14-10-12(3)15-11-14;5-2-3-1-4-6-2/h5-11,15H,4H2,1-3H3;1H,(H,3,4,5)/b7-6+,8-5-,13-9+;. The Kier molecular flexibility index (Phi) is 7.35. The molecule has 112 valence electrons. The van der Waals surface area contributed by atoms with Crippen LogP contribution in [0.2, 0.25) is 0 Å². The summed E-state index contributed by atoms with van der Waals surface area (Å²) < 4.78 is 3.97. The lowest BCUT2D eigenvalue weighted by molar-refractivity contribution is 0.386. The molecule has 0 unspecified atom stereocenters. The first-order valence-corrected chi connectivity index (χ1v) is 6.81. The van der Waals surface area contributed by atoms with Gasteiger partial charge in [-0.2, -0.15) is 0 Å². The zero-order valence-electron chi connectivity index (χ0n) is 12.6. The maximum atomic E-state index is 9.78. The zero-order valence-corrected chi connectivity index (χ0v) is 12.6. The van der Waals surface area contributed by atoms with Crippen LogP contribution < -0.4 is 5.76 Å². The summed E-state index contributed by atoms with van der Waals surface area (Å²) in [6.07, 6.45) is 14.9. The van der Waals surface area contributed by atoms with E-state index >= 15 is 0 Å². The lowest BCUT2D eigenvalue weighted by atomic mass is 10.1. The fourth-order valence-electron chi connectivity index (χ4n) is 1.59. The maximum absolute atomic E-state index is 9.78. The van der Waals surface area contributed by atoms with E-state index in [1.807, 2.05) is 13.1 Å². The van der Waals surface area contributed by atoms with Gasteiger partial charge in [-0.05, 0) is 37.5 Å². The van der Waals surface area contributed by atoms with Crippen LogP contribution in [0.4, 0.5) is 0 Å². The SMILES string of the molecule is C\C=C/C(=C\C=C\CC)c1c[nH]c(C)c1.O=c1[nH]cno1. The number of rotatable bonds is 4. The summed E-state index contributed by atoms with van der Waals surface area (Å²) in [4.78, 5) is 15.2. The minimum atomic E-state index is -0.519. The molecule has 21 heavy (non-hydrogen) atoms. The first-order valence-electron chi connectivity index (χ1n) is 6.81. The number of hydrogen-bond donors (Lipinski definition) is 2. The summed E-state index contributed by atoms with van der Waals surface area (Å²) in [7, 11) is 0. The smallest absolute Gasteiger partial charge is 0.365 e. The summed E-state index contributed by atoms with van der Waals surface area (Å²) in [5.41, 5.74) is 3.68. The zero-order chi connectivity index (χ0) is 15.5. The van der Waals surface area contributed by atoms with Gasteiger partial charge in [0.15, 0.2) is 0 Å². The van der Waals surface area contributed by atoms with E-state index in [1.165, 1.54) is 23.2 Å². The molecule has 2 aromatic rings. The molecule has 0 saturated heterocycles. The number of nitrogens with zero attached hydrogens (tertiary/aromatic N) is 1. The van der Waals surface area contributed by atoms with Gasteiger partial charge in [0.1, 0.15) is 6.33 Å². The summed E-state index contributed by atoms with van der Waals surface area (Å²) in [5.74, 6) is -0.519.